The molecular weight excluding hydrogens is 443 g/mol. The summed E-state index contributed by atoms with van der Waals surface area (Å²) in [4.78, 5) is 26.0. The maximum Gasteiger partial charge on any atom is 0.416 e. The molecule has 3 rings (SSSR count). The van der Waals surface area contributed by atoms with Crippen molar-refractivity contribution in [2.24, 2.45) is 0 Å². The summed E-state index contributed by atoms with van der Waals surface area (Å²) < 4.78 is 38.6. The highest BCUT2D eigenvalue weighted by atomic mass is 32.1. The van der Waals surface area contributed by atoms with Gasteiger partial charge in [-0.05, 0) is 62.3 Å². The number of benzene rings is 1. The van der Waals surface area contributed by atoms with Crippen LogP contribution >= 0.6 is 11.3 Å². The van der Waals surface area contributed by atoms with E-state index in [1.165, 1.54) is 23.5 Å². The molecule has 1 saturated heterocycles. The first-order valence-electron chi connectivity index (χ1n) is 10.6. The number of carbonyl (C=O) groups is 2. The van der Waals surface area contributed by atoms with Gasteiger partial charge < -0.3 is 19.9 Å². The zero-order valence-corrected chi connectivity index (χ0v) is 18.3. The van der Waals surface area contributed by atoms with Crippen LogP contribution in [0.5, 0.6) is 0 Å². The van der Waals surface area contributed by atoms with Gasteiger partial charge in [0.1, 0.15) is 0 Å². The van der Waals surface area contributed by atoms with Crippen LogP contribution in [0.25, 0.3) is 0 Å². The predicted molar refractivity (Wildman–Crippen MR) is 112 cm³/mol. The summed E-state index contributed by atoms with van der Waals surface area (Å²) >= 11 is 1.17. The second-order valence-corrected chi connectivity index (χ2v) is 9.24. The van der Waals surface area contributed by atoms with Gasteiger partial charge in [-0.1, -0.05) is 18.2 Å². The van der Waals surface area contributed by atoms with Gasteiger partial charge in [0, 0.05) is 23.9 Å². The first-order valence-corrected chi connectivity index (χ1v) is 11.4. The summed E-state index contributed by atoms with van der Waals surface area (Å²) in [6.45, 7) is 0.547. The minimum absolute atomic E-state index is 0.000718. The Morgan fingerprint density at radius 1 is 1.28 bits per heavy atom. The fourth-order valence-electron chi connectivity index (χ4n) is 4.08. The topological polar surface area (TPSA) is 80.7 Å². The van der Waals surface area contributed by atoms with Gasteiger partial charge in [0.15, 0.2) is 0 Å². The average Bonchev–Trinajstić information content (AvgIpc) is 3.34. The monoisotopic (exact) mass is 468 g/mol. The molecular formula is C23H25F3NO4S-. The van der Waals surface area contributed by atoms with Crippen LogP contribution in [-0.4, -0.2) is 40.6 Å². The molecule has 1 aromatic heterocycles. The molecule has 1 N–H and O–H groups in total. The third-order valence-electron chi connectivity index (χ3n) is 5.70. The van der Waals surface area contributed by atoms with E-state index in [0.717, 1.165) is 17.0 Å². The maximum absolute atomic E-state index is 12.9. The number of aromatic carboxylic acids is 1. The molecule has 2 aromatic rings. The Balaban J connectivity index is 1.47. The highest BCUT2D eigenvalue weighted by molar-refractivity contribution is 7.13. The number of carbonyl (C=O) groups excluding carboxylic acids is 2. The van der Waals surface area contributed by atoms with Crippen LogP contribution in [0.4, 0.5) is 13.2 Å². The van der Waals surface area contributed by atoms with Crippen LogP contribution in [0.3, 0.4) is 0 Å². The number of aliphatic hydroxyl groups is 1. The number of alkyl halides is 3. The van der Waals surface area contributed by atoms with Crippen LogP contribution in [0, 0.1) is 0 Å². The summed E-state index contributed by atoms with van der Waals surface area (Å²) in [6, 6.07) is 8.25. The molecule has 1 aliphatic heterocycles. The standard InChI is InChI=1S/C23H26F3NO4S/c24-23(25,26)16-4-1-3-15(13-16)14-18(28)8-6-17-7-11-21(29)27(17)12-2-5-19-9-10-20(32-19)22(30)31/h1,3-4,9-10,13,17-18,28H,2,5-8,11-12,14H2,(H,30,31)/p-1/t17-,18+/m0/s1. The lowest BCUT2D eigenvalue weighted by atomic mass is 9.99. The number of carboxylic acid groups (broad SMARTS) is 1. The van der Waals surface area contributed by atoms with E-state index in [0.29, 0.717) is 50.6 Å². The van der Waals surface area contributed by atoms with Crippen molar-refractivity contribution in [3.8, 4) is 0 Å². The number of hydrogen-bond donors (Lipinski definition) is 1. The van der Waals surface area contributed by atoms with Crippen LogP contribution in [0.15, 0.2) is 36.4 Å². The number of likely N-dealkylation sites (tertiary alicyclic amines) is 1. The fourth-order valence-corrected chi connectivity index (χ4v) is 4.96. The second kappa shape index (κ2) is 10.5. The van der Waals surface area contributed by atoms with Crippen molar-refractivity contribution in [2.75, 3.05) is 6.54 Å². The molecule has 1 aromatic carbocycles. The molecule has 2 atom stereocenters. The molecule has 0 saturated carbocycles. The number of thiophene rings is 1. The van der Waals surface area contributed by atoms with Crippen molar-refractivity contribution >= 4 is 23.2 Å². The third-order valence-corrected chi connectivity index (χ3v) is 6.82. The Kier molecular flexibility index (Phi) is 7.95. The summed E-state index contributed by atoms with van der Waals surface area (Å²) in [5.74, 6) is -1.14. The first kappa shape index (κ1) is 24.3. The number of hydrogen-bond acceptors (Lipinski definition) is 5. The van der Waals surface area contributed by atoms with Crippen molar-refractivity contribution in [2.45, 2.75) is 63.3 Å². The highest BCUT2D eigenvalue weighted by Crippen LogP contribution is 2.30. The number of halogens is 3. The fraction of sp³-hybridized carbons (Fsp3) is 0.478. The minimum Gasteiger partial charge on any atom is -0.544 e. The molecule has 0 unspecified atom stereocenters. The Morgan fingerprint density at radius 3 is 2.75 bits per heavy atom. The molecule has 5 nitrogen and oxygen atoms in total. The van der Waals surface area contributed by atoms with Crippen molar-refractivity contribution in [1.29, 1.82) is 0 Å². The van der Waals surface area contributed by atoms with Crippen LogP contribution in [0.2, 0.25) is 0 Å². The van der Waals surface area contributed by atoms with Gasteiger partial charge >= 0.3 is 6.18 Å². The Morgan fingerprint density at radius 2 is 2.06 bits per heavy atom. The van der Waals surface area contributed by atoms with Crippen molar-refractivity contribution in [1.82, 2.24) is 4.90 Å². The first-order chi connectivity index (χ1) is 15.1. The zero-order valence-electron chi connectivity index (χ0n) is 17.4. The molecule has 0 aliphatic carbocycles. The summed E-state index contributed by atoms with van der Waals surface area (Å²) in [6.07, 6.45) is -1.60. The molecule has 174 valence electrons. The third kappa shape index (κ3) is 6.56. The van der Waals surface area contributed by atoms with Gasteiger partial charge in [0.05, 0.1) is 22.5 Å². The number of rotatable bonds is 10. The molecule has 1 aliphatic rings. The van der Waals surface area contributed by atoms with Crippen molar-refractivity contribution < 1.29 is 33.0 Å². The number of aryl methyl sites for hydroxylation is 1. The normalized spacial score (nSPS) is 17.7. The van der Waals surface area contributed by atoms with Crippen molar-refractivity contribution in [3.63, 3.8) is 0 Å². The second-order valence-electron chi connectivity index (χ2n) is 8.07. The van der Waals surface area contributed by atoms with Crippen LogP contribution in [0.1, 0.15) is 57.8 Å². The Hall–Kier alpha value is -2.39. The summed E-state index contributed by atoms with van der Waals surface area (Å²) in [5, 5.41) is 21.2. The number of amides is 1. The van der Waals surface area contributed by atoms with Gasteiger partial charge in [0.25, 0.3) is 0 Å². The van der Waals surface area contributed by atoms with Gasteiger partial charge in [-0.25, -0.2) is 0 Å². The van der Waals surface area contributed by atoms with Crippen LogP contribution in [-0.2, 0) is 23.8 Å². The Bertz CT molecular complexity index is 943. The quantitative estimate of drug-likeness (QED) is 0.579. The van der Waals surface area contributed by atoms with Crippen LogP contribution < -0.4 is 5.11 Å². The molecule has 1 fully saturated rings. The van der Waals surface area contributed by atoms with E-state index in [1.807, 2.05) is 4.90 Å². The van der Waals surface area contributed by atoms with E-state index in [9.17, 15) is 33.0 Å². The van der Waals surface area contributed by atoms with Gasteiger partial charge in [-0.15, -0.1) is 11.3 Å². The summed E-state index contributed by atoms with van der Waals surface area (Å²) in [5.41, 5.74) is -0.300. The summed E-state index contributed by atoms with van der Waals surface area (Å²) in [7, 11) is 0. The van der Waals surface area contributed by atoms with Gasteiger partial charge in [-0.3, -0.25) is 4.79 Å². The van der Waals surface area contributed by atoms with E-state index in [-0.39, 0.29) is 23.2 Å². The maximum atomic E-state index is 12.9. The van der Waals surface area contributed by atoms with Gasteiger partial charge in [-0.2, -0.15) is 13.2 Å². The molecule has 2 heterocycles. The molecule has 0 radical (unpaired) electrons. The number of carboxylic acids is 1. The molecule has 0 bridgehead atoms. The van der Waals surface area contributed by atoms with E-state index in [4.69, 9.17) is 0 Å². The van der Waals surface area contributed by atoms with E-state index in [2.05, 4.69) is 0 Å². The molecule has 1 amide bonds. The van der Waals surface area contributed by atoms with Gasteiger partial charge in [0.2, 0.25) is 5.91 Å². The highest BCUT2D eigenvalue weighted by Gasteiger charge is 2.31. The van der Waals surface area contributed by atoms with E-state index >= 15 is 0 Å². The average molecular weight is 469 g/mol. The Labute approximate surface area is 188 Å². The number of aliphatic hydroxyl groups excluding tert-OH is 1. The largest absolute Gasteiger partial charge is 0.544 e. The lowest BCUT2D eigenvalue weighted by molar-refractivity contribution is -0.254. The predicted octanol–water partition coefficient (Wildman–Crippen LogP) is 3.44. The SMILES string of the molecule is O=C([O-])c1ccc(CCCN2C(=O)CC[C@@H]2CC[C@@H](O)Cc2cccc(C(F)(F)F)c2)s1. The van der Waals surface area contributed by atoms with E-state index < -0.39 is 23.8 Å². The van der Waals surface area contributed by atoms with E-state index in [1.54, 1.807) is 12.1 Å². The lowest BCUT2D eigenvalue weighted by Crippen LogP contribution is -2.34. The smallest absolute Gasteiger partial charge is 0.416 e. The minimum atomic E-state index is -4.42. The molecule has 32 heavy (non-hydrogen) atoms. The lowest BCUT2D eigenvalue weighted by Gasteiger charge is -2.25. The number of nitrogens with zero attached hydrogens (tertiary/aromatic N) is 1. The zero-order chi connectivity index (χ0) is 23.3. The van der Waals surface area contributed by atoms with Crippen molar-refractivity contribution in [3.05, 3.63) is 57.3 Å². The molecule has 9 heteroatoms. The molecule has 0 spiro atoms.